The molecule has 2 heteroatoms. The first-order chi connectivity index (χ1) is 7.58. The average molecular weight is 238 g/mol. The SMILES string of the molecule is CC(C)(C)COc1cc(F)cc(C(C)(C)C)c1. The maximum atomic E-state index is 13.5. The van der Waals surface area contributed by atoms with Gasteiger partial charge in [0.15, 0.2) is 0 Å². The minimum Gasteiger partial charge on any atom is -0.493 e. The van der Waals surface area contributed by atoms with Crippen LogP contribution in [-0.4, -0.2) is 6.61 Å². The van der Waals surface area contributed by atoms with Gasteiger partial charge in [0.2, 0.25) is 0 Å². The summed E-state index contributed by atoms with van der Waals surface area (Å²) in [5, 5.41) is 0. The fraction of sp³-hybridized carbons (Fsp3) is 0.600. The third-order valence-electron chi connectivity index (χ3n) is 2.41. The van der Waals surface area contributed by atoms with Crippen molar-refractivity contribution in [3.63, 3.8) is 0 Å². The first-order valence-corrected chi connectivity index (χ1v) is 6.02. The van der Waals surface area contributed by atoms with Gasteiger partial charge in [0.25, 0.3) is 0 Å². The van der Waals surface area contributed by atoms with Gasteiger partial charge in [-0.25, -0.2) is 4.39 Å². The quantitative estimate of drug-likeness (QED) is 0.734. The molecule has 17 heavy (non-hydrogen) atoms. The Kier molecular flexibility index (Phi) is 3.85. The first-order valence-electron chi connectivity index (χ1n) is 6.02. The first kappa shape index (κ1) is 14.0. The van der Waals surface area contributed by atoms with Gasteiger partial charge in [0.1, 0.15) is 11.6 Å². The molecule has 1 aromatic rings. The zero-order valence-electron chi connectivity index (χ0n) is 11.7. The summed E-state index contributed by atoms with van der Waals surface area (Å²) in [6.45, 7) is 13.1. The second-order valence-electron chi connectivity index (χ2n) is 6.77. The van der Waals surface area contributed by atoms with Crippen molar-refractivity contribution in [2.24, 2.45) is 5.41 Å². The minimum atomic E-state index is -0.235. The van der Waals surface area contributed by atoms with Crippen molar-refractivity contribution >= 4 is 0 Å². The Labute approximate surface area is 104 Å². The van der Waals surface area contributed by atoms with Crippen LogP contribution in [0, 0.1) is 11.2 Å². The van der Waals surface area contributed by atoms with Crippen molar-refractivity contribution in [2.45, 2.75) is 47.0 Å². The summed E-state index contributed by atoms with van der Waals surface area (Å²) in [6, 6.07) is 4.94. The molecule has 0 unspecified atom stereocenters. The van der Waals surface area contributed by atoms with E-state index in [1.807, 2.05) is 6.07 Å². The highest BCUT2D eigenvalue weighted by Crippen LogP contribution is 2.28. The van der Waals surface area contributed by atoms with E-state index in [4.69, 9.17) is 4.74 Å². The molecule has 0 fully saturated rings. The Hall–Kier alpha value is -1.05. The number of hydrogen-bond donors (Lipinski definition) is 0. The molecule has 0 saturated carbocycles. The lowest BCUT2D eigenvalue weighted by molar-refractivity contribution is 0.197. The van der Waals surface area contributed by atoms with Gasteiger partial charge in [0, 0.05) is 6.07 Å². The fourth-order valence-electron chi connectivity index (χ4n) is 1.38. The third kappa shape index (κ3) is 4.76. The van der Waals surface area contributed by atoms with E-state index in [1.54, 1.807) is 6.07 Å². The van der Waals surface area contributed by atoms with Crippen LogP contribution in [-0.2, 0) is 5.41 Å². The maximum absolute atomic E-state index is 13.5. The smallest absolute Gasteiger partial charge is 0.127 e. The van der Waals surface area contributed by atoms with Crippen LogP contribution in [0.15, 0.2) is 18.2 Å². The topological polar surface area (TPSA) is 9.23 Å². The van der Waals surface area contributed by atoms with Crippen molar-refractivity contribution in [3.05, 3.63) is 29.6 Å². The zero-order valence-corrected chi connectivity index (χ0v) is 11.7. The maximum Gasteiger partial charge on any atom is 0.127 e. The van der Waals surface area contributed by atoms with Crippen LogP contribution in [0.2, 0.25) is 0 Å². The highest BCUT2D eigenvalue weighted by atomic mass is 19.1. The molecule has 1 rings (SSSR count). The lowest BCUT2D eigenvalue weighted by Crippen LogP contribution is -2.17. The van der Waals surface area contributed by atoms with E-state index in [-0.39, 0.29) is 16.6 Å². The van der Waals surface area contributed by atoms with Crippen molar-refractivity contribution < 1.29 is 9.13 Å². The lowest BCUT2D eigenvalue weighted by Gasteiger charge is -2.22. The molecular weight excluding hydrogens is 215 g/mol. The minimum absolute atomic E-state index is 0.0675. The van der Waals surface area contributed by atoms with Crippen molar-refractivity contribution in [2.75, 3.05) is 6.61 Å². The van der Waals surface area contributed by atoms with Crippen LogP contribution < -0.4 is 4.74 Å². The Balaban J connectivity index is 2.91. The number of hydrogen-bond acceptors (Lipinski definition) is 1. The van der Waals surface area contributed by atoms with Gasteiger partial charge in [-0.05, 0) is 28.5 Å². The molecule has 1 aromatic carbocycles. The second kappa shape index (κ2) is 4.67. The molecule has 0 aromatic heterocycles. The van der Waals surface area contributed by atoms with E-state index >= 15 is 0 Å². The van der Waals surface area contributed by atoms with Gasteiger partial charge >= 0.3 is 0 Å². The van der Waals surface area contributed by atoms with E-state index in [0.717, 1.165) is 5.56 Å². The number of rotatable bonds is 2. The molecule has 0 radical (unpaired) electrons. The second-order valence-corrected chi connectivity index (χ2v) is 6.77. The molecule has 0 spiro atoms. The Morgan fingerprint density at radius 2 is 1.59 bits per heavy atom. The fourth-order valence-corrected chi connectivity index (χ4v) is 1.38. The molecule has 0 N–H and O–H groups in total. The monoisotopic (exact) mass is 238 g/mol. The molecule has 0 amide bonds. The molecule has 1 nitrogen and oxygen atoms in total. The average Bonchev–Trinajstić information content (AvgIpc) is 2.11. The van der Waals surface area contributed by atoms with Gasteiger partial charge < -0.3 is 4.74 Å². The lowest BCUT2D eigenvalue weighted by atomic mass is 9.87. The molecule has 0 bridgehead atoms. The van der Waals surface area contributed by atoms with Gasteiger partial charge in [0.05, 0.1) is 6.61 Å². The van der Waals surface area contributed by atoms with Crippen molar-refractivity contribution in [1.29, 1.82) is 0 Å². The summed E-state index contributed by atoms with van der Waals surface area (Å²) in [4.78, 5) is 0. The van der Waals surface area contributed by atoms with Gasteiger partial charge in [-0.2, -0.15) is 0 Å². The molecule has 0 aliphatic rings. The third-order valence-corrected chi connectivity index (χ3v) is 2.41. The largest absolute Gasteiger partial charge is 0.493 e. The van der Waals surface area contributed by atoms with E-state index in [2.05, 4.69) is 41.5 Å². The Morgan fingerprint density at radius 3 is 2.06 bits per heavy atom. The molecule has 0 aliphatic carbocycles. The van der Waals surface area contributed by atoms with Crippen molar-refractivity contribution in [1.82, 2.24) is 0 Å². The summed E-state index contributed by atoms with van der Waals surface area (Å²) in [7, 11) is 0. The van der Waals surface area contributed by atoms with Crippen LogP contribution >= 0.6 is 0 Å². The highest BCUT2D eigenvalue weighted by Gasteiger charge is 2.17. The van der Waals surface area contributed by atoms with Crippen LogP contribution in [0.5, 0.6) is 5.75 Å². The predicted molar refractivity (Wildman–Crippen MR) is 70.1 cm³/mol. The summed E-state index contributed by atoms with van der Waals surface area (Å²) in [6.07, 6.45) is 0. The van der Waals surface area contributed by atoms with Crippen LogP contribution in [0.3, 0.4) is 0 Å². The van der Waals surface area contributed by atoms with Crippen LogP contribution in [0.4, 0.5) is 4.39 Å². The summed E-state index contributed by atoms with van der Waals surface area (Å²) in [5.74, 6) is 0.381. The van der Waals surface area contributed by atoms with E-state index in [9.17, 15) is 4.39 Å². The summed E-state index contributed by atoms with van der Waals surface area (Å²) >= 11 is 0. The zero-order chi connectivity index (χ0) is 13.3. The molecular formula is C15H23FO. The number of ether oxygens (including phenoxy) is 1. The molecule has 0 heterocycles. The molecule has 0 atom stereocenters. The highest BCUT2D eigenvalue weighted by molar-refractivity contribution is 5.33. The van der Waals surface area contributed by atoms with Gasteiger partial charge in [-0.1, -0.05) is 41.5 Å². The Morgan fingerprint density at radius 1 is 1.00 bits per heavy atom. The predicted octanol–water partition coefficient (Wildman–Crippen LogP) is 4.55. The standard InChI is InChI=1S/C15H23FO/c1-14(2,3)10-17-13-8-11(15(4,5)6)7-12(16)9-13/h7-9H,10H2,1-6H3. The van der Waals surface area contributed by atoms with Crippen molar-refractivity contribution in [3.8, 4) is 5.75 Å². The number of halogens is 1. The number of benzene rings is 1. The molecule has 0 aliphatic heterocycles. The van der Waals surface area contributed by atoms with E-state index in [1.165, 1.54) is 6.07 Å². The molecule has 0 saturated heterocycles. The van der Waals surface area contributed by atoms with Crippen LogP contribution in [0.25, 0.3) is 0 Å². The molecule has 96 valence electrons. The van der Waals surface area contributed by atoms with E-state index < -0.39 is 0 Å². The normalized spacial score (nSPS) is 12.6. The van der Waals surface area contributed by atoms with E-state index in [0.29, 0.717) is 12.4 Å². The van der Waals surface area contributed by atoms with Gasteiger partial charge in [-0.15, -0.1) is 0 Å². The summed E-state index contributed by atoms with van der Waals surface area (Å²) in [5.41, 5.74) is 0.970. The van der Waals surface area contributed by atoms with Gasteiger partial charge in [-0.3, -0.25) is 0 Å². The summed E-state index contributed by atoms with van der Waals surface area (Å²) < 4.78 is 19.1. The Bertz CT molecular complexity index is 383. The van der Waals surface area contributed by atoms with Crippen LogP contribution in [0.1, 0.15) is 47.1 Å².